The van der Waals surface area contributed by atoms with E-state index in [1.54, 1.807) is 13.4 Å². The highest BCUT2D eigenvalue weighted by Crippen LogP contribution is 2.27. The minimum Gasteiger partial charge on any atom is -0.497 e. The van der Waals surface area contributed by atoms with Gasteiger partial charge in [-0.3, -0.25) is 0 Å². The third kappa shape index (κ3) is 4.68. The lowest BCUT2D eigenvalue weighted by Crippen LogP contribution is -2.46. The number of hydrogen-bond donors (Lipinski definition) is 2. The molecule has 1 aliphatic rings. The van der Waals surface area contributed by atoms with Crippen molar-refractivity contribution in [2.24, 2.45) is 0 Å². The fourth-order valence-corrected chi connectivity index (χ4v) is 4.01. The highest BCUT2D eigenvalue weighted by Gasteiger charge is 2.22. The molecule has 0 radical (unpaired) electrons. The SMILES string of the molecule is COc1cccc(NC(=S)NC2CCN(c3ncnc4cc(Cl)ccc34)CC2)c1. The number of benzene rings is 2. The number of fused-ring (bicyclic) bond motifs is 1. The molecular formula is C21H22ClN5OS. The Bertz CT molecular complexity index is 1020. The number of aromatic nitrogens is 2. The summed E-state index contributed by atoms with van der Waals surface area (Å²) in [6.07, 6.45) is 3.55. The third-order valence-electron chi connectivity index (χ3n) is 5.03. The fourth-order valence-electron chi connectivity index (χ4n) is 3.56. The fraction of sp³-hybridized carbons (Fsp3) is 0.286. The van der Waals surface area contributed by atoms with Crippen molar-refractivity contribution < 1.29 is 4.74 Å². The molecule has 29 heavy (non-hydrogen) atoms. The summed E-state index contributed by atoms with van der Waals surface area (Å²) in [5, 5.41) is 8.99. The van der Waals surface area contributed by atoms with Crippen LogP contribution in [0.15, 0.2) is 48.8 Å². The maximum atomic E-state index is 6.09. The van der Waals surface area contributed by atoms with Gasteiger partial charge >= 0.3 is 0 Å². The van der Waals surface area contributed by atoms with Crippen LogP contribution in [-0.4, -0.2) is 41.3 Å². The van der Waals surface area contributed by atoms with Gasteiger partial charge in [0.1, 0.15) is 17.9 Å². The average molecular weight is 428 g/mol. The van der Waals surface area contributed by atoms with Crippen LogP contribution >= 0.6 is 23.8 Å². The molecule has 1 aromatic heterocycles. The summed E-state index contributed by atoms with van der Waals surface area (Å²) < 4.78 is 5.25. The van der Waals surface area contributed by atoms with Crippen molar-refractivity contribution in [1.29, 1.82) is 0 Å². The molecule has 8 heteroatoms. The Labute approximate surface area is 180 Å². The van der Waals surface area contributed by atoms with E-state index >= 15 is 0 Å². The van der Waals surface area contributed by atoms with Gasteiger partial charge in [-0.25, -0.2) is 9.97 Å². The van der Waals surface area contributed by atoms with Crippen molar-refractivity contribution in [3.05, 3.63) is 53.8 Å². The molecule has 0 saturated carbocycles. The number of ether oxygens (including phenoxy) is 1. The minimum atomic E-state index is 0.319. The normalized spacial score (nSPS) is 14.6. The van der Waals surface area contributed by atoms with Gasteiger partial charge in [-0.15, -0.1) is 0 Å². The zero-order valence-corrected chi connectivity index (χ0v) is 17.6. The molecular weight excluding hydrogens is 406 g/mol. The Morgan fingerprint density at radius 1 is 1.17 bits per heavy atom. The first-order chi connectivity index (χ1) is 14.1. The Morgan fingerprint density at radius 3 is 2.79 bits per heavy atom. The number of halogens is 1. The van der Waals surface area contributed by atoms with Crippen LogP contribution in [0.3, 0.4) is 0 Å². The maximum absolute atomic E-state index is 6.09. The van der Waals surface area contributed by atoms with Gasteiger partial charge in [-0.2, -0.15) is 0 Å². The summed E-state index contributed by atoms with van der Waals surface area (Å²) >= 11 is 11.6. The Hall–Kier alpha value is -2.64. The number of piperidine rings is 1. The van der Waals surface area contributed by atoms with Gasteiger partial charge in [-0.1, -0.05) is 17.7 Å². The van der Waals surface area contributed by atoms with Crippen LogP contribution in [0.2, 0.25) is 5.02 Å². The predicted molar refractivity (Wildman–Crippen MR) is 122 cm³/mol. The molecule has 0 spiro atoms. The first kappa shape index (κ1) is 19.7. The van der Waals surface area contributed by atoms with Gasteiger partial charge in [0, 0.05) is 41.3 Å². The Morgan fingerprint density at radius 2 is 2.00 bits per heavy atom. The molecule has 0 bridgehead atoms. The summed E-state index contributed by atoms with van der Waals surface area (Å²) in [5.41, 5.74) is 1.77. The van der Waals surface area contributed by atoms with Gasteiger partial charge < -0.3 is 20.3 Å². The minimum absolute atomic E-state index is 0.319. The van der Waals surface area contributed by atoms with Crippen LogP contribution in [-0.2, 0) is 0 Å². The molecule has 1 fully saturated rings. The average Bonchev–Trinajstić information content (AvgIpc) is 2.73. The van der Waals surface area contributed by atoms with E-state index in [0.717, 1.165) is 54.1 Å². The summed E-state index contributed by atoms with van der Waals surface area (Å²) in [5.74, 6) is 1.76. The molecule has 4 rings (SSSR count). The number of nitrogens with one attached hydrogen (secondary N) is 2. The van der Waals surface area contributed by atoms with Crippen molar-refractivity contribution in [2.45, 2.75) is 18.9 Å². The molecule has 150 valence electrons. The molecule has 1 aliphatic heterocycles. The van der Waals surface area contributed by atoms with Gasteiger partial charge in [0.2, 0.25) is 0 Å². The number of methoxy groups -OCH3 is 1. The van der Waals surface area contributed by atoms with Gasteiger partial charge in [-0.05, 0) is 55.4 Å². The number of nitrogens with zero attached hydrogens (tertiary/aromatic N) is 3. The summed E-state index contributed by atoms with van der Waals surface area (Å²) in [4.78, 5) is 11.2. The molecule has 0 aliphatic carbocycles. The smallest absolute Gasteiger partial charge is 0.170 e. The van der Waals surface area contributed by atoms with E-state index in [-0.39, 0.29) is 0 Å². The summed E-state index contributed by atoms with van der Waals surface area (Å²) in [6, 6.07) is 13.8. The summed E-state index contributed by atoms with van der Waals surface area (Å²) in [7, 11) is 1.65. The summed E-state index contributed by atoms with van der Waals surface area (Å²) in [6.45, 7) is 1.79. The highest BCUT2D eigenvalue weighted by molar-refractivity contribution is 7.80. The first-order valence-corrected chi connectivity index (χ1v) is 10.3. The number of rotatable bonds is 4. The lowest BCUT2D eigenvalue weighted by molar-refractivity contribution is 0.415. The van der Waals surface area contributed by atoms with Crippen LogP contribution in [0.1, 0.15) is 12.8 Å². The zero-order chi connectivity index (χ0) is 20.2. The molecule has 2 aromatic carbocycles. The zero-order valence-electron chi connectivity index (χ0n) is 16.1. The molecule has 2 N–H and O–H groups in total. The van der Waals surface area contributed by atoms with Crippen molar-refractivity contribution in [3.63, 3.8) is 0 Å². The topological polar surface area (TPSA) is 62.3 Å². The van der Waals surface area contributed by atoms with E-state index in [1.165, 1.54) is 0 Å². The number of hydrogen-bond acceptors (Lipinski definition) is 5. The van der Waals surface area contributed by atoms with Crippen LogP contribution in [0, 0.1) is 0 Å². The third-order valence-corrected chi connectivity index (χ3v) is 5.49. The first-order valence-electron chi connectivity index (χ1n) is 9.49. The number of thiocarbonyl (C=S) groups is 1. The Kier molecular flexibility index (Phi) is 5.97. The van der Waals surface area contributed by atoms with Crippen molar-refractivity contribution in [1.82, 2.24) is 15.3 Å². The van der Waals surface area contributed by atoms with E-state index in [2.05, 4.69) is 25.5 Å². The number of anilines is 2. The largest absolute Gasteiger partial charge is 0.497 e. The quantitative estimate of drug-likeness (QED) is 0.603. The van der Waals surface area contributed by atoms with Crippen LogP contribution < -0.4 is 20.3 Å². The van der Waals surface area contributed by atoms with Gasteiger partial charge in [0.25, 0.3) is 0 Å². The van der Waals surface area contributed by atoms with Gasteiger partial charge in [0.05, 0.1) is 12.6 Å². The van der Waals surface area contributed by atoms with E-state index in [0.29, 0.717) is 16.2 Å². The maximum Gasteiger partial charge on any atom is 0.170 e. The standard InChI is InChI=1S/C21H22ClN5OS/c1-28-17-4-2-3-16(12-17)26-21(29)25-15-7-9-27(10-8-15)20-18-6-5-14(22)11-19(18)23-13-24-20/h2-6,11-13,15H,7-10H2,1H3,(H2,25,26,29). The molecule has 0 atom stereocenters. The monoisotopic (exact) mass is 427 g/mol. The van der Waals surface area contributed by atoms with Crippen LogP contribution in [0.25, 0.3) is 10.9 Å². The molecule has 1 saturated heterocycles. The lowest BCUT2D eigenvalue weighted by Gasteiger charge is -2.34. The second-order valence-corrected chi connectivity index (χ2v) is 7.80. The van der Waals surface area contributed by atoms with E-state index < -0.39 is 0 Å². The predicted octanol–water partition coefficient (Wildman–Crippen LogP) is 4.25. The molecule has 3 aromatic rings. The van der Waals surface area contributed by atoms with Crippen LogP contribution in [0.4, 0.5) is 11.5 Å². The Balaban J connectivity index is 1.35. The lowest BCUT2D eigenvalue weighted by atomic mass is 10.0. The molecule has 2 heterocycles. The van der Waals surface area contributed by atoms with Crippen LogP contribution in [0.5, 0.6) is 5.75 Å². The van der Waals surface area contributed by atoms with Crippen molar-refractivity contribution >= 4 is 51.3 Å². The van der Waals surface area contributed by atoms with Gasteiger partial charge in [0.15, 0.2) is 5.11 Å². The second-order valence-electron chi connectivity index (χ2n) is 6.95. The van der Waals surface area contributed by atoms with Crippen molar-refractivity contribution in [3.8, 4) is 5.75 Å². The van der Waals surface area contributed by atoms with E-state index in [4.69, 9.17) is 28.6 Å². The van der Waals surface area contributed by atoms with E-state index in [1.807, 2.05) is 42.5 Å². The molecule has 0 unspecified atom stereocenters. The molecule has 0 amide bonds. The van der Waals surface area contributed by atoms with E-state index in [9.17, 15) is 0 Å². The molecule has 6 nitrogen and oxygen atoms in total. The second kappa shape index (κ2) is 8.80. The van der Waals surface area contributed by atoms with Crippen molar-refractivity contribution in [2.75, 3.05) is 30.4 Å². The highest BCUT2D eigenvalue weighted by atomic mass is 35.5.